The van der Waals surface area contributed by atoms with Crippen LogP contribution < -0.4 is 0 Å². The first-order valence-corrected chi connectivity index (χ1v) is 7.79. The predicted molar refractivity (Wildman–Crippen MR) is 80.4 cm³/mol. The van der Waals surface area contributed by atoms with Gasteiger partial charge in [-0.25, -0.2) is 0 Å². The first kappa shape index (κ1) is 14.0. The van der Waals surface area contributed by atoms with Crippen molar-refractivity contribution in [1.82, 2.24) is 19.6 Å². The van der Waals surface area contributed by atoms with Gasteiger partial charge in [0.2, 0.25) is 0 Å². The summed E-state index contributed by atoms with van der Waals surface area (Å²) in [7, 11) is 0. The second-order valence-corrected chi connectivity index (χ2v) is 5.81. The Balaban J connectivity index is 1.72. The molecule has 0 bridgehead atoms. The maximum Gasteiger partial charge on any atom is 0.186 e. The van der Waals surface area contributed by atoms with Crippen molar-refractivity contribution in [2.24, 2.45) is 0 Å². The second-order valence-electron chi connectivity index (χ2n) is 5.81. The van der Waals surface area contributed by atoms with E-state index in [1.165, 1.54) is 25.7 Å². The number of nitrogens with zero attached hydrogens (tertiary/aromatic N) is 4. The summed E-state index contributed by atoms with van der Waals surface area (Å²) in [4.78, 5) is 12.4. The minimum Gasteiger partial charge on any atom is -0.292 e. The molecule has 112 valence electrons. The number of rotatable bonds is 5. The van der Waals surface area contributed by atoms with E-state index in [4.69, 9.17) is 0 Å². The number of Topliss-reactive ketones (excluding diaryl/α,β-unsaturated/α-hetero) is 1. The van der Waals surface area contributed by atoms with Gasteiger partial charge in [0.1, 0.15) is 5.69 Å². The normalized spacial score (nSPS) is 15.7. The molecule has 2 aromatic rings. The molecular weight excluding hydrogens is 264 g/mol. The molecule has 0 amide bonds. The summed E-state index contributed by atoms with van der Waals surface area (Å²) < 4.78 is 3.81. The van der Waals surface area contributed by atoms with Crippen molar-refractivity contribution in [3.05, 3.63) is 35.4 Å². The predicted octanol–water partition coefficient (Wildman–Crippen LogP) is 2.95. The van der Waals surface area contributed by atoms with Crippen LogP contribution in [0.15, 0.2) is 18.3 Å². The summed E-state index contributed by atoms with van der Waals surface area (Å²) in [5.41, 5.74) is 2.43. The third-order valence-electron chi connectivity index (χ3n) is 4.19. The lowest BCUT2D eigenvalue weighted by Gasteiger charge is -2.08. The Labute approximate surface area is 125 Å². The zero-order valence-electron chi connectivity index (χ0n) is 12.7. The van der Waals surface area contributed by atoms with Gasteiger partial charge in [-0.1, -0.05) is 12.8 Å². The zero-order chi connectivity index (χ0) is 14.8. The quantitative estimate of drug-likeness (QED) is 0.794. The van der Waals surface area contributed by atoms with E-state index < -0.39 is 0 Å². The van der Waals surface area contributed by atoms with Crippen LogP contribution in [0, 0.1) is 6.92 Å². The minimum absolute atomic E-state index is 0.0918. The first-order chi connectivity index (χ1) is 10.2. The fraction of sp³-hybridized carbons (Fsp3) is 0.562. The fourth-order valence-corrected chi connectivity index (χ4v) is 3.11. The zero-order valence-corrected chi connectivity index (χ0v) is 12.7. The summed E-state index contributed by atoms with van der Waals surface area (Å²) in [6.07, 6.45) is 7.35. The van der Waals surface area contributed by atoms with Crippen LogP contribution in [0.1, 0.15) is 60.5 Å². The molecule has 2 heterocycles. The summed E-state index contributed by atoms with van der Waals surface area (Å²) >= 11 is 0. The number of hydrogen-bond donors (Lipinski definition) is 0. The number of ketones is 1. The topological polar surface area (TPSA) is 52.7 Å². The van der Waals surface area contributed by atoms with Crippen molar-refractivity contribution in [3.63, 3.8) is 0 Å². The fourth-order valence-electron chi connectivity index (χ4n) is 3.11. The average Bonchev–Trinajstić information content (AvgIpc) is 3.16. The van der Waals surface area contributed by atoms with E-state index in [2.05, 4.69) is 10.2 Å². The Bertz CT molecular complexity index is 634. The minimum atomic E-state index is 0.0918. The largest absolute Gasteiger partial charge is 0.292 e. The van der Waals surface area contributed by atoms with Crippen LogP contribution in [0.2, 0.25) is 0 Å². The van der Waals surface area contributed by atoms with Gasteiger partial charge in [0.25, 0.3) is 0 Å². The highest BCUT2D eigenvalue weighted by molar-refractivity contribution is 5.95. The van der Waals surface area contributed by atoms with Crippen molar-refractivity contribution in [2.45, 2.75) is 58.5 Å². The molecule has 0 spiro atoms. The van der Waals surface area contributed by atoms with E-state index >= 15 is 0 Å². The molecule has 0 N–H and O–H groups in total. The summed E-state index contributed by atoms with van der Waals surface area (Å²) in [6, 6.07) is 4.35. The summed E-state index contributed by atoms with van der Waals surface area (Å²) in [5, 5.41) is 8.92. The highest BCUT2D eigenvalue weighted by Gasteiger charge is 2.19. The third-order valence-corrected chi connectivity index (χ3v) is 4.19. The monoisotopic (exact) mass is 286 g/mol. The number of aromatic nitrogens is 4. The molecule has 3 rings (SSSR count). The Kier molecular flexibility index (Phi) is 3.90. The van der Waals surface area contributed by atoms with Crippen LogP contribution in [-0.4, -0.2) is 25.3 Å². The van der Waals surface area contributed by atoms with Crippen molar-refractivity contribution in [1.29, 1.82) is 0 Å². The number of hydrogen-bond acceptors (Lipinski definition) is 3. The van der Waals surface area contributed by atoms with Gasteiger partial charge in [-0.15, -0.1) is 0 Å². The molecule has 1 fully saturated rings. The first-order valence-electron chi connectivity index (χ1n) is 7.79. The highest BCUT2D eigenvalue weighted by Crippen LogP contribution is 2.28. The van der Waals surface area contributed by atoms with Crippen LogP contribution in [0.3, 0.4) is 0 Å². The van der Waals surface area contributed by atoms with Gasteiger partial charge in [0.15, 0.2) is 5.78 Å². The standard InChI is InChI=1S/C16H22N4O/c1-3-19-15(10-12(2)17-19)16(21)11-13-8-9-20(18-13)14-6-4-5-7-14/h8-10,14H,3-7,11H2,1-2H3. The van der Waals surface area contributed by atoms with Gasteiger partial charge in [0.05, 0.1) is 23.9 Å². The molecule has 0 saturated heterocycles. The van der Waals surface area contributed by atoms with Crippen molar-refractivity contribution in [3.8, 4) is 0 Å². The van der Waals surface area contributed by atoms with Gasteiger partial charge in [-0.05, 0) is 38.8 Å². The van der Waals surface area contributed by atoms with Gasteiger partial charge >= 0.3 is 0 Å². The average molecular weight is 286 g/mol. The van der Waals surface area contributed by atoms with Crippen LogP contribution >= 0.6 is 0 Å². The van der Waals surface area contributed by atoms with Crippen molar-refractivity contribution in [2.75, 3.05) is 0 Å². The summed E-state index contributed by atoms with van der Waals surface area (Å²) in [5.74, 6) is 0.0918. The van der Waals surface area contributed by atoms with E-state index in [0.717, 1.165) is 11.4 Å². The molecular formula is C16H22N4O. The molecule has 0 aromatic carbocycles. The lowest BCUT2D eigenvalue weighted by Crippen LogP contribution is -2.12. The van der Waals surface area contributed by atoms with Gasteiger partial charge in [-0.3, -0.25) is 14.2 Å². The smallest absolute Gasteiger partial charge is 0.186 e. The third kappa shape index (κ3) is 2.91. The molecule has 1 aliphatic carbocycles. The van der Waals surface area contributed by atoms with Crippen LogP contribution in [-0.2, 0) is 13.0 Å². The molecule has 21 heavy (non-hydrogen) atoms. The van der Waals surface area contributed by atoms with E-state index in [1.807, 2.05) is 36.9 Å². The highest BCUT2D eigenvalue weighted by atomic mass is 16.1. The van der Waals surface area contributed by atoms with Gasteiger partial charge < -0.3 is 0 Å². The molecule has 1 aliphatic rings. The molecule has 0 atom stereocenters. The maximum atomic E-state index is 12.4. The molecule has 5 heteroatoms. The van der Waals surface area contributed by atoms with E-state index in [9.17, 15) is 4.79 Å². The molecule has 5 nitrogen and oxygen atoms in total. The SMILES string of the molecule is CCn1nc(C)cc1C(=O)Cc1ccn(C2CCCC2)n1. The molecule has 2 aromatic heterocycles. The lowest BCUT2D eigenvalue weighted by molar-refractivity contribution is 0.0981. The summed E-state index contributed by atoms with van der Waals surface area (Å²) in [6.45, 7) is 4.63. The number of aryl methyl sites for hydroxylation is 2. The van der Waals surface area contributed by atoms with Gasteiger partial charge in [-0.2, -0.15) is 10.2 Å². The molecule has 1 saturated carbocycles. The van der Waals surface area contributed by atoms with Crippen molar-refractivity contribution >= 4 is 5.78 Å². The van der Waals surface area contributed by atoms with Gasteiger partial charge in [0, 0.05) is 12.7 Å². The number of carbonyl (C=O) groups excluding carboxylic acids is 1. The molecule has 0 radical (unpaired) electrons. The van der Waals surface area contributed by atoms with E-state index in [1.54, 1.807) is 4.68 Å². The van der Waals surface area contributed by atoms with E-state index in [-0.39, 0.29) is 5.78 Å². The van der Waals surface area contributed by atoms with E-state index in [0.29, 0.717) is 24.7 Å². The molecule has 0 unspecified atom stereocenters. The van der Waals surface area contributed by atoms with Crippen molar-refractivity contribution < 1.29 is 4.79 Å². The number of carbonyl (C=O) groups is 1. The lowest BCUT2D eigenvalue weighted by atomic mass is 10.1. The Morgan fingerprint density at radius 3 is 2.81 bits per heavy atom. The van der Waals surface area contributed by atoms with Crippen LogP contribution in [0.5, 0.6) is 0 Å². The maximum absolute atomic E-state index is 12.4. The molecule has 0 aliphatic heterocycles. The Hall–Kier alpha value is -1.91. The Morgan fingerprint density at radius 1 is 1.33 bits per heavy atom. The Morgan fingerprint density at radius 2 is 2.10 bits per heavy atom. The van der Waals surface area contributed by atoms with Crippen LogP contribution in [0.4, 0.5) is 0 Å². The second kappa shape index (κ2) is 5.84. The van der Waals surface area contributed by atoms with Crippen LogP contribution in [0.25, 0.3) is 0 Å².